The molecule has 0 aromatic heterocycles. The lowest BCUT2D eigenvalue weighted by molar-refractivity contribution is 0.334. The van der Waals surface area contributed by atoms with Crippen LogP contribution in [-0.2, 0) is 0 Å². The van der Waals surface area contributed by atoms with Crippen LogP contribution in [0.25, 0.3) is 0 Å². The molecule has 0 saturated heterocycles. The Hall–Kier alpha value is -0.300. The summed E-state index contributed by atoms with van der Waals surface area (Å²) in [5.74, 6) is 0.894. The van der Waals surface area contributed by atoms with Gasteiger partial charge in [-0.25, -0.2) is 0 Å². The van der Waals surface area contributed by atoms with Crippen molar-refractivity contribution in [2.75, 3.05) is 20.1 Å². The Morgan fingerprint density at radius 3 is 2.53 bits per heavy atom. The zero-order chi connectivity index (χ0) is 11.7. The van der Waals surface area contributed by atoms with Crippen molar-refractivity contribution in [2.45, 2.75) is 53.4 Å². The molecule has 1 heteroatoms. The van der Waals surface area contributed by atoms with Crippen molar-refractivity contribution in [2.24, 2.45) is 5.92 Å². The Bertz CT molecular complexity index is 172. The zero-order valence-electron chi connectivity index (χ0n) is 11.3. The smallest absolute Gasteiger partial charge is 0.00217 e. The Morgan fingerprint density at radius 1 is 1.40 bits per heavy atom. The number of hydrogen-bond acceptors (Lipinski definition) is 1. The highest BCUT2D eigenvalue weighted by Gasteiger charge is 2.12. The van der Waals surface area contributed by atoms with Crippen LogP contribution in [-0.4, -0.2) is 25.0 Å². The topological polar surface area (TPSA) is 3.24 Å². The van der Waals surface area contributed by atoms with Gasteiger partial charge in [0.05, 0.1) is 0 Å². The number of rotatable bonds is 5. The van der Waals surface area contributed by atoms with Crippen LogP contribution in [0.5, 0.6) is 0 Å². The van der Waals surface area contributed by atoms with Crippen LogP contribution in [0.4, 0.5) is 0 Å². The molecular weight excluding hydrogens is 182 g/mol. The molecule has 90 valence electrons. The first-order valence-corrected chi connectivity index (χ1v) is 6.58. The second-order valence-electron chi connectivity index (χ2n) is 4.35. The average molecular weight is 211 g/mol. The fourth-order valence-corrected chi connectivity index (χ4v) is 1.99. The summed E-state index contributed by atoms with van der Waals surface area (Å²) in [6, 6.07) is 0. The summed E-state index contributed by atoms with van der Waals surface area (Å²) in [5.41, 5.74) is 1.61. The van der Waals surface area contributed by atoms with E-state index in [0.29, 0.717) is 0 Å². The largest absolute Gasteiger partial charge is 0.307 e. The van der Waals surface area contributed by atoms with Gasteiger partial charge in [0, 0.05) is 0 Å². The van der Waals surface area contributed by atoms with Crippen LogP contribution in [0.15, 0.2) is 11.6 Å². The maximum atomic E-state index is 2.48. The van der Waals surface area contributed by atoms with Crippen LogP contribution >= 0.6 is 0 Å². The van der Waals surface area contributed by atoms with E-state index in [-0.39, 0.29) is 0 Å². The van der Waals surface area contributed by atoms with E-state index in [1.807, 2.05) is 13.8 Å². The van der Waals surface area contributed by atoms with Crippen LogP contribution in [0.1, 0.15) is 53.4 Å². The van der Waals surface area contributed by atoms with Crippen molar-refractivity contribution in [3.63, 3.8) is 0 Å². The summed E-state index contributed by atoms with van der Waals surface area (Å²) in [4.78, 5) is 2.39. The van der Waals surface area contributed by atoms with E-state index in [0.717, 1.165) is 5.92 Å². The Morgan fingerprint density at radius 2 is 2.07 bits per heavy atom. The van der Waals surface area contributed by atoms with Gasteiger partial charge in [0.25, 0.3) is 0 Å². The summed E-state index contributed by atoms with van der Waals surface area (Å²) < 4.78 is 0. The highest BCUT2D eigenvalue weighted by molar-refractivity contribution is 5.07. The molecule has 0 aromatic carbocycles. The van der Waals surface area contributed by atoms with Gasteiger partial charge in [-0.1, -0.05) is 32.4 Å². The second kappa shape index (κ2) is 8.96. The molecule has 1 nitrogen and oxygen atoms in total. The fraction of sp³-hybridized carbons (Fsp3) is 0.857. The normalized spacial score (nSPS) is 19.9. The molecule has 0 aliphatic heterocycles. The third kappa shape index (κ3) is 6.72. The minimum atomic E-state index is 0.894. The maximum absolute atomic E-state index is 2.48. The van der Waals surface area contributed by atoms with E-state index in [1.165, 1.54) is 38.8 Å². The number of allylic oxidation sites excluding steroid dienone is 2. The minimum Gasteiger partial charge on any atom is -0.307 e. The van der Waals surface area contributed by atoms with E-state index in [4.69, 9.17) is 0 Å². The Labute approximate surface area is 96.6 Å². The van der Waals surface area contributed by atoms with Gasteiger partial charge in [-0.3, -0.25) is 0 Å². The molecule has 0 N–H and O–H groups in total. The van der Waals surface area contributed by atoms with Gasteiger partial charge < -0.3 is 4.90 Å². The molecule has 0 fully saturated rings. The third-order valence-corrected chi connectivity index (χ3v) is 3.08. The molecule has 1 atom stereocenters. The lowest BCUT2D eigenvalue weighted by Gasteiger charge is -2.14. The third-order valence-electron chi connectivity index (χ3n) is 3.08. The first kappa shape index (κ1) is 14.7. The highest BCUT2D eigenvalue weighted by Crippen LogP contribution is 2.26. The Kier molecular flexibility index (Phi) is 8.79. The first-order valence-electron chi connectivity index (χ1n) is 6.58. The molecule has 0 radical (unpaired) electrons. The molecule has 0 bridgehead atoms. The summed E-state index contributed by atoms with van der Waals surface area (Å²) >= 11 is 0. The predicted molar refractivity (Wildman–Crippen MR) is 70.2 cm³/mol. The van der Waals surface area contributed by atoms with Crippen molar-refractivity contribution in [3.8, 4) is 0 Å². The molecule has 1 aliphatic rings. The SMILES string of the molecule is CC.CCN(C)CCCC1C=C(C)CC1. The van der Waals surface area contributed by atoms with Crippen LogP contribution in [0.3, 0.4) is 0 Å². The van der Waals surface area contributed by atoms with Gasteiger partial charge in [0.1, 0.15) is 0 Å². The van der Waals surface area contributed by atoms with Gasteiger partial charge in [0.15, 0.2) is 0 Å². The summed E-state index contributed by atoms with van der Waals surface area (Å²) in [5, 5.41) is 0. The molecule has 0 saturated carbocycles. The van der Waals surface area contributed by atoms with Crippen LogP contribution < -0.4 is 0 Å². The van der Waals surface area contributed by atoms with E-state index >= 15 is 0 Å². The summed E-state index contributed by atoms with van der Waals surface area (Å²) in [6.45, 7) is 10.9. The monoisotopic (exact) mass is 211 g/mol. The molecule has 0 amide bonds. The zero-order valence-corrected chi connectivity index (χ0v) is 11.3. The van der Waals surface area contributed by atoms with Crippen molar-refractivity contribution < 1.29 is 0 Å². The van der Waals surface area contributed by atoms with Gasteiger partial charge in [-0.15, -0.1) is 0 Å². The van der Waals surface area contributed by atoms with Crippen LogP contribution in [0, 0.1) is 5.92 Å². The van der Waals surface area contributed by atoms with E-state index < -0.39 is 0 Å². The van der Waals surface area contributed by atoms with Gasteiger partial charge in [-0.05, 0) is 58.7 Å². The lowest BCUT2D eigenvalue weighted by Crippen LogP contribution is -2.19. The van der Waals surface area contributed by atoms with E-state index in [9.17, 15) is 0 Å². The molecule has 1 rings (SSSR count). The van der Waals surface area contributed by atoms with E-state index in [2.05, 4.69) is 31.9 Å². The van der Waals surface area contributed by atoms with Crippen molar-refractivity contribution >= 4 is 0 Å². The predicted octanol–water partition coefficient (Wildman–Crippen LogP) is 4.10. The van der Waals surface area contributed by atoms with Crippen LogP contribution in [0.2, 0.25) is 0 Å². The maximum Gasteiger partial charge on any atom is -0.00217 e. The fourth-order valence-electron chi connectivity index (χ4n) is 1.99. The van der Waals surface area contributed by atoms with Crippen molar-refractivity contribution in [3.05, 3.63) is 11.6 Å². The molecule has 1 unspecified atom stereocenters. The van der Waals surface area contributed by atoms with Gasteiger partial charge >= 0.3 is 0 Å². The average Bonchev–Trinajstić information content (AvgIpc) is 2.67. The second-order valence-corrected chi connectivity index (χ2v) is 4.35. The molecule has 15 heavy (non-hydrogen) atoms. The molecule has 0 aromatic rings. The number of hydrogen-bond donors (Lipinski definition) is 0. The van der Waals surface area contributed by atoms with Crippen molar-refractivity contribution in [1.29, 1.82) is 0 Å². The standard InChI is InChI=1S/C12H23N.C2H6/c1-4-13(3)9-5-6-12-8-7-11(2)10-12;1-2/h10,12H,4-9H2,1-3H3;1-2H3. The molecular formula is C14H29N. The highest BCUT2D eigenvalue weighted by atomic mass is 15.1. The van der Waals surface area contributed by atoms with Gasteiger partial charge in [-0.2, -0.15) is 0 Å². The Balaban J connectivity index is 0.000000921. The van der Waals surface area contributed by atoms with Gasteiger partial charge in [0.2, 0.25) is 0 Å². The summed E-state index contributed by atoms with van der Waals surface area (Å²) in [6.07, 6.45) is 7.97. The summed E-state index contributed by atoms with van der Waals surface area (Å²) in [7, 11) is 2.20. The minimum absolute atomic E-state index is 0.894. The van der Waals surface area contributed by atoms with E-state index in [1.54, 1.807) is 5.57 Å². The number of nitrogens with zero attached hydrogens (tertiary/aromatic N) is 1. The lowest BCUT2D eigenvalue weighted by atomic mass is 10.0. The molecule has 0 spiro atoms. The quantitative estimate of drug-likeness (QED) is 0.619. The molecule has 0 heterocycles. The van der Waals surface area contributed by atoms with Crippen molar-refractivity contribution in [1.82, 2.24) is 4.90 Å². The first-order chi connectivity index (χ1) is 7.22. The molecule has 1 aliphatic carbocycles.